The second kappa shape index (κ2) is 15.3. The van der Waals surface area contributed by atoms with Gasteiger partial charge in [-0.05, 0) is 48.6 Å². The van der Waals surface area contributed by atoms with Crippen molar-refractivity contribution >= 4 is 23.5 Å². The van der Waals surface area contributed by atoms with Gasteiger partial charge in [0.1, 0.15) is 12.4 Å². The van der Waals surface area contributed by atoms with E-state index in [0.717, 1.165) is 42.1 Å². The van der Waals surface area contributed by atoms with Crippen LogP contribution in [0.2, 0.25) is 0 Å². The van der Waals surface area contributed by atoms with Crippen molar-refractivity contribution in [2.45, 2.75) is 32.2 Å². The standard InChI is InChI=1S/C32H43N5O5/c1-35(15-12-27-8-4-5-14-34-27)28-9-10-29-26(19-28)21-33-22-31(39)37-17-11-24(25(23-37)7-6-18-42-29)20-30(38)36(2)16-13-32(40)41-3/h4-10,14,19,24-25,33H,11-13,15-18,20-23H2,1-3H3/b7-6+/t24-,25-/m0/s1. The Balaban J connectivity index is 1.40. The van der Waals surface area contributed by atoms with Gasteiger partial charge in [-0.2, -0.15) is 0 Å². The quantitative estimate of drug-likeness (QED) is 0.359. The summed E-state index contributed by atoms with van der Waals surface area (Å²) in [6.45, 7) is 3.48. The van der Waals surface area contributed by atoms with Gasteiger partial charge in [0.15, 0.2) is 0 Å². The summed E-state index contributed by atoms with van der Waals surface area (Å²) in [6.07, 6.45) is 8.03. The first-order valence-corrected chi connectivity index (χ1v) is 14.7. The van der Waals surface area contributed by atoms with E-state index in [2.05, 4.69) is 45.2 Å². The van der Waals surface area contributed by atoms with Gasteiger partial charge in [-0.1, -0.05) is 18.2 Å². The molecule has 1 N–H and O–H groups in total. The van der Waals surface area contributed by atoms with Gasteiger partial charge < -0.3 is 29.5 Å². The van der Waals surface area contributed by atoms with Crippen molar-refractivity contribution in [2.24, 2.45) is 11.8 Å². The van der Waals surface area contributed by atoms with E-state index in [0.29, 0.717) is 39.2 Å². The number of hydrogen-bond donors (Lipinski definition) is 1. The van der Waals surface area contributed by atoms with Crippen LogP contribution in [0.5, 0.6) is 5.75 Å². The molecule has 0 radical (unpaired) electrons. The number of piperidine rings is 1. The van der Waals surface area contributed by atoms with Crippen molar-refractivity contribution in [2.75, 3.05) is 65.4 Å². The summed E-state index contributed by atoms with van der Waals surface area (Å²) in [5.41, 5.74) is 3.12. The number of carbonyl (C=O) groups is 3. The van der Waals surface area contributed by atoms with Gasteiger partial charge in [0.2, 0.25) is 11.8 Å². The highest BCUT2D eigenvalue weighted by molar-refractivity contribution is 5.79. The molecule has 3 heterocycles. The smallest absolute Gasteiger partial charge is 0.307 e. The van der Waals surface area contributed by atoms with Crippen molar-refractivity contribution in [1.82, 2.24) is 20.1 Å². The van der Waals surface area contributed by atoms with Crippen LogP contribution in [-0.4, -0.2) is 93.1 Å². The van der Waals surface area contributed by atoms with E-state index in [1.54, 1.807) is 11.9 Å². The van der Waals surface area contributed by atoms with E-state index in [-0.39, 0.29) is 42.6 Å². The molecule has 0 unspecified atom stereocenters. The Bertz CT molecular complexity index is 1240. The van der Waals surface area contributed by atoms with Crippen molar-refractivity contribution < 1.29 is 23.9 Å². The minimum absolute atomic E-state index is 0.00681. The van der Waals surface area contributed by atoms with Gasteiger partial charge in [0.25, 0.3) is 0 Å². The number of aromatic nitrogens is 1. The minimum Gasteiger partial charge on any atom is -0.489 e. The first-order chi connectivity index (χ1) is 20.3. The molecule has 2 atom stereocenters. The molecule has 42 heavy (non-hydrogen) atoms. The van der Waals surface area contributed by atoms with Gasteiger partial charge in [0, 0.05) is 82.8 Å². The zero-order valence-electron chi connectivity index (χ0n) is 25.0. The molecule has 1 saturated heterocycles. The van der Waals surface area contributed by atoms with Crippen molar-refractivity contribution in [3.05, 3.63) is 66.0 Å². The Labute approximate surface area is 248 Å². The average molecular weight is 578 g/mol. The molecule has 0 spiro atoms. The molecule has 2 amide bonds. The third kappa shape index (κ3) is 8.79. The van der Waals surface area contributed by atoms with Crippen LogP contribution in [-0.2, 0) is 32.1 Å². The van der Waals surface area contributed by atoms with E-state index in [1.165, 1.54) is 7.11 Å². The number of carbonyl (C=O) groups excluding carboxylic acids is 3. The number of amides is 2. The summed E-state index contributed by atoms with van der Waals surface area (Å²) in [7, 11) is 5.12. The summed E-state index contributed by atoms with van der Waals surface area (Å²) in [4.78, 5) is 47.6. The number of benzene rings is 1. The van der Waals surface area contributed by atoms with Crippen LogP contribution >= 0.6 is 0 Å². The number of fused-ring (bicyclic) bond motifs is 3. The lowest BCUT2D eigenvalue weighted by Crippen LogP contribution is -2.47. The molecule has 0 aliphatic carbocycles. The van der Waals surface area contributed by atoms with Gasteiger partial charge >= 0.3 is 5.97 Å². The highest BCUT2D eigenvalue weighted by atomic mass is 16.5. The van der Waals surface area contributed by atoms with Crippen LogP contribution in [0.25, 0.3) is 0 Å². The number of anilines is 1. The fraction of sp³-hybridized carbons (Fsp3) is 0.500. The maximum absolute atomic E-state index is 13.1. The second-order valence-electron chi connectivity index (χ2n) is 11.0. The molecule has 10 heteroatoms. The van der Waals surface area contributed by atoms with E-state index in [1.807, 2.05) is 41.4 Å². The van der Waals surface area contributed by atoms with Crippen molar-refractivity contribution in [3.63, 3.8) is 0 Å². The maximum atomic E-state index is 13.1. The van der Waals surface area contributed by atoms with Crippen LogP contribution < -0.4 is 15.0 Å². The van der Waals surface area contributed by atoms with Crippen LogP contribution in [0.1, 0.15) is 30.5 Å². The molecule has 1 aromatic heterocycles. The number of methoxy groups -OCH3 is 1. The third-order valence-corrected chi connectivity index (χ3v) is 8.13. The molecule has 2 aliphatic rings. The molecule has 0 saturated carbocycles. The number of esters is 1. The molecule has 2 bridgehead atoms. The maximum Gasteiger partial charge on any atom is 0.307 e. The predicted molar refractivity (Wildman–Crippen MR) is 161 cm³/mol. The first kappa shape index (κ1) is 31.0. The summed E-state index contributed by atoms with van der Waals surface area (Å²) in [5.74, 6) is 0.639. The van der Waals surface area contributed by atoms with Crippen LogP contribution in [0.4, 0.5) is 5.69 Å². The zero-order valence-corrected chi connectivity index (χ0v) is 25.0. The third-order valence-electron chi connectivity index (χ3n) is 8.13. The molecular formula is C32H43N5O5. The van der Waals surface area contributed by atoms with E-state index >= 15 is 0 Å². The summed E-state index contributed by atoms with van der Waals surface area (Å²) in [6, 6.07) is 12.1. The van der Waals surface area contributed by atoms with Gasteiger partial charge in [-0.25, -0.2) is 0 Å². The average Bonchev–Trinajstić information content (AvgIpc) is 3.02. The number of hydrogen-bond acceptors (Lipinski definition) is 8. The second-order valence-corrected chi connectivity index (χ2v) is 11.0. The topological polar surface area (TPSA) is 104 Å². The lowest BCUT2D eigenvalue weighted by atomic mass is 9.82. The number of nitrogens with zero attached hydrogens (tertiary/aromatic N) is 4. The van der Waals surface area contributed by atoms with Crippen molar-refractivity contribution in [1.29, 1.82) is 0 Å². The van der Waals surface area contributed by atoms with Crippen LogP contribution in [0.15, 0.2) is 54.7 Å². The van der Waals surface area contributed by atoms with Crippen LogP contribution in [0, 0.1) is 11.8 Å². The molecule has 1 aromatic carbocycles. The first-order valence-electron chi connectivity index (χ1n) is 14.7. The SMILES string of the molecule is COC(=O)CCN(C)C(=O)C[C@@H]1CCN2C[C@@H]1/C=C/COc1ccc(N(C)CCc3ccccn3)cc1CNCC2=O. The number of pyridine rings is 1. The summed E-state index contributed by atoms with van der Waals surface area (Å²) >= 11 is 0. The number of likely N-dealkylation sites (N-methyl/N-ethyl adjacent to an activating group) is 1. The lowest BCUT2D eigenvalue weighted by molar-refractivity contribution is -0.141. The number of nitrogens with one attached hydrogen (secondary N) is 1. The monoisotopic (exact) mass is 577 g/mol. The molecule has 4 rings (SSSR count). The Kier molecular flexibility index (Phi) is 11.3. The zero-order chi connectivity index (χ0) is 29.9. The highest BCUT2D eigenvalue weighted by Crippen LogP contribution is 2.30. The molecule has 10 nitrogen and oxygen atoms in total. The Morgan fingerprint density at radius 3 is 2.81 bits per heavy atom. The fourth-order valence-corrected chi connectivity index (χ4v) is 5.42. The summed E-state index contributed by atoms with van der Waals surface area (Å²) in [5, 5.41) is 3.32. The van der Waals surface area contributed by atoms with E-state index in [4.69, 9.17) is 4.74 Å². The normalized spacial score (nSPS) is 19.7. The predicted octanol–water partition coefficient (Wildman–Crippen LogP) is 2.67. The highest BCUT2D eigenvalue weighted by Gasteiger charge is 2.32. The fourth-order valence-electron chi connectivity index (χ4n) is 5.42. The van der Waals surface area contributed by atoms with E-state index in [9.17, 15) is 14.4 Å². The van der Waals surface area contributed by atoms with Gasteiger partial charge in [-0.15, -0.1) is 0 Å². The molecule has 2 aromatic rings. The van der Waals surface area contributed by atoms with Gasteiger partial charge in [0.05, 0.1) is 20.1 Å². The van der Waals surface area contributed by atoms with Crippen LogP contribution in [0.3, 0.4) is 0 Å². The van der Waals surface area contributed by atoms with Gasteiger partial charge in [-0.3, -0.25) is 19.4 Å². The molecule has 226 valence electrons. The van der Waals surface area contributed by atoms with E-state index < -0.39 is 0 Å². The molecule has 2 aliphatic heterocycles. The number of ether oxygens (including phenoxy) is 2. The Hall–Kier alpha value is -3.92. The summed E-state index contributed by atoms with van der Waals surface area (Å²) < 4.78 is 10.9. The lowest BCUT2D eigenvalue weighted by Gasteiger charge is -2.37. The minimum atomic E-state index is -0.335. The number of rotatable bonds is 9. The molecular weight excluding hydrogens is 534 g/mol. The molecule has 1 fully saturated rings. The van der Waals surface area contributed by atoms with Crippen molar-refractivity contribution in [3.8, 4) is 5.75 Å². The largest absolute Gasteiger partial charge is 0.489 e. The Morgan fingerprint density at radius 1 is 1.17 bits per heavy atom. The Morgan fingerprint density at radius 2 is 2.02 bits per heavy atom.